The third kappa shape index (κ3) is 2.87. The molecular weight excluding hydrogens is 301 g/mol. The lowest BCUT2D eigenvalue weighted by Crippen LogP contribution is -2.34. The monoisotopic (exact) mass is 323 g/mol. The molecule has 6 heteroatoms. The Labute approximate surface area is 135 Å². The number of aliphatic hydroxyl groups excluding tert-OH is 1. The van der Waals surface area contributed by atoms with E-state index in [0.717, 1.165) is 0 Å². The number of likely N-dealkylation sites (tertiary alicyclic amines) is 1. The molecular formula is C17H22FNO4. The lowest BCUT2D eigenvalue weighted by Gasteiger charge is -2.25. The van der Waals surface area contributed by atoms with Gasteiger partial charge in [0.2, 0.25) is 0 Å². The van der Waals surface area contributed by atoms with Crippen LogP contribution in [-0.4, -0.2) is 42.0 Å². The topological polar surface area (TPSA) is 59.0 Å². The van der Waals surface area contributed by atoms with Crippen molar-refractivity contribution in [2.45, 2.75) is 32.9 Å². The molecule has 126 valence electrons. The predicted molar refractivity (Wildman–Crippen MR) is 81.6 cm³/mol. The molecule has 1 aromatic carbocycles. The summed E-state index contributed by atoms with van der Waals surface area (Å²) in [6.07, 6.45) is -0.888. The first-order chi connectivity index (χ1) is 10.8. The summed E-state index contributed by atoms with van der Waals surface area (Å²) in [6, 6.07) is 4.28. The van der Waals surface area contributed by atoms with E-state index in [1.54, 1.807) is 17.0 Å². The first-order valence-corrected chi connectivity index (χ1v) is 7.81. The Morgan fingerprint density at radius 1 is 1.48 bits per heavy atom. The predicted octanol–water partition coefficient (Wildman–Crippen LogP) is 2.73. The van der Waals surface area contributed by atoms with Crippen LogP contribution in [0.2, 0.25) is 0 Å². The van der Waals surface area contributed by atoms with Gasteiger partial charge in [0, 0.05) is 18.0 Å². The second-order valence-electron chi connectivity index (χ2n) is 7.40. The van der Waals surface area contributed by atoms with E-state index in [1.165, 1.54) is 6.07 Å². The van der Waals surface area contributed by atoms with Crippen molar-refractivity contribution in [1.82, 2.24) is 4.90 Å². The van der Waals surface area contributed by atoms with Crippen molar-refractivity contribution in [3.63, 3.8) is 0 Å². The number of hydrogen-bond acceptors (Lipinski definition) is 4. The average molecular weight is 323 g/mol. The Kier molecular flexibility index (Phi) is 3.96. The van der Waals surface area contributed by atoms with Gasteiger partial charge in [-0.1, -0.05) is 32.9 Å². The van der Waals surface area contributed by atoms with E-state index in [9.17, 15) is 14.3 Å². The fourth-order valence-electron chi connectivity index (χ4n) is 3.14. The molecule has 23 heavy (non-hydrogen) atoms. The normalized spacial score (nSPS) is 25.8. The number of benzene rings is 1. The Balaban J connectivity index is 1.85. The molecule has 0 radical (unpaired) electrons. The molecule has 0 unspecified atom stereocenters. The van der Waals surface area contributed by atoms with Gasteiger partial charge in [0.25, 0.3) is 0 Å². The number of nitrogens with zero attached hydrogens (tertiary/aromatic N) is 1. The summed E-state index contributed by atoms with van der Waals surface area (Å²) in [4.78, 5) is 14.0. The van der Waals surface area contributed by atoms with Crippen molar-refractivity contribution < 1.29 is 23.8 Å². The molecule has 2 aliphatic heterocycles. The van der Waals surface area contributed by atoms with E-state index in [4.69, 9.17) is 9.47 Å². The quantitative estimate of drug-likeness (QED) is 0.909. The molecule has 0 saturated carbocycles. The van der Waals surface area contributed by atoms with E-state index >= 15 is 0 Å². The van der Waals surface area contributed by atoms with E-state index in [0.29, 0.717) is 18.7 Å². The minimum absolute atomic E-state index is 0.125. The number of rotatable bonds is 2. The standard InChI is InChI=1S/C17H22FNO4/c1-17(2,3)9-22-16(21)19-7-10(8-20)14-13(19)11-5-4-6-12(18)15(11)23-14/h4-6,10,13-14,20H,7-9H2,1-3H3/t10-,13-,14-/m0/s1. The number of halogens is 1. The summed E-state index contributed by atoms with van der Waals surface area (Å²) >= 11 is 0. The van der Waals surface area contributed by atoms with Crippen molar-refractivity contribution in [3.05, 3.63) is 29.6 Å². The van der Waals surface area contributed by atoms with Crippen LogP contribution in [0.5, 0.6) is 5.75 Å². The zero-order valence-electron chi connectivity index (χ0n) is 13.6. The van der Waals surface area contributed by atoms with Crippen molar-refractivity contribution in [2.75, 3.05) is 19.8 Å². The zero-order valence-corrected chi connectivity index (χ0v) is 13.6. The highest BCUT2D eigenvalue weighted by molar-refractivity contribution is 5.70. The molecule has 1 N–H and O–H groups in total. The Hall–Kier alpha value is -1.82. The summed E-state index contributed by atoms with van der Waals surface area (Å²) in [6.45, 7) is 6.44. The van der Waals surface area contributed by atoms with Crippen LogP contribution in [0.15, 0.2) is 18.2 Å². The summed E-state index contributed by atoms with van der Waals surface area (Å²) in [5.74, 6) is -0.528. The van der Waals surface area contributed by atoms with E-state index < -0.39 is 24.1 Å². The minimum Gasteiger partial charge on any atom is -0.484 e. The van der Waals surface area contributed by atoms with E-state index in [2.05, 4.69) is 0 Å². The fraction of sp³-hybridized carbons (Fsp3) is 0.588. The van der Waals surface area contributed by atoms with Gasteiger partial charge in [-0.3, -0.25) is 4.90 Å². The third-order valence-electron chi connectivity index (χ3n) is 4.21. The van der Waals surface area contributed by atoms with Crippen LogP contribution in [-0.2, 0) is 4.74 Å². The SMILES string of the molecule is CC(C)(C)COC(=O)N1C[C@@H](CO)[C@@H]2Oc3c(F)cccc3[C@@H]21. The van der Waals surface area contributed by atoms with Gasteiger partial charge in [0.15, 0.2) is 11.6 Å². The first kappa shape index (κ1) is 16.1. The van der Waals surface area contributed by atoms with Gasteiger partial charge in [0.05, 0.1) is 13.2 Å². The zero-order chi connectivity index (χ0) is 16.8. The molecule has 2 aliphatic rings. The molecule has 2 heterocycles. The van der Waals surface area contributed by atoms with Gasteiger partial charge in [-0.05, 0) is 11.5 Å². The maximum absolute atomic E-state index is 13.9. The van der Waals surface area contributed by atoms with Crippen LogP contribution in [0.4, 0.5) is 9.18 Å². The number of ether oxygens (including phenoxy) is 2. The molecule has 0 aliphatic carbocycles. The number of para-hydroxylation sites is 1. The fourth-order valence-corrected chi connectivity index (χ4v) is 3.14. The number of amides is 1. The van der Waals surface area contributed by atoms with Crippen LogP contribution in [0, 0.1) is 17.2 Å². The van der Waals surface area contributed by atoms with Gasteiger partial charge in [-0.2, -0.15) is 0 Å². The second kappa shape index (κ2) is 5.67. The Bertz CT molecular complexity index is 613. The second-order valence-corrected chi connectivity index (χ2v) is 7.40. The summed E-state index contributed by atoms with van der Waals surface area (Å²) in [5.41, 5.74) is 0.500. The maximum Gasteiger partial charge on any atom is 0.410 e. The number of carbonyl (C=O) groups excluding carboxylic acids is 1. The molecule has 1 saturated heterocycles. The molecule has 0 aromatic heterocycles. The van der Waals surface area contributed by atoms with Crippen LogP contribution >= 0.6 is 0 Å². The third-order valence-corrected chi connectivity index (χ3v) is 4.21. The molecule has 3 rings (SSSR count). The minimum atomic E-state index is -0.452. The number of fused-ring (bicyclic) bond motifs is 3. The summed E-state index contributed by atoms with van der Waals surface area (Å²) in [5, 5.41) is 9.57. The van der Waals surface area contributed by atoms with Crippen molar-refractivity contribution in [2.24, 2.45) is 11.3 Å². The van der Waals surface area contributed by atoms with E-state index in [-0.39, 0.29) is 23.7 Å². The number of hydrogen-bond donors (Lipinski definition) is 1. The van der Waals surface area contributed by atoms with Gasteiger partial charge < -0.3 is 14.6 Å². The van der Waals surface area contributed by atoms with Gasteiger partial charge in [0.1, 0.15) is 12.1 Å². The Morgan fingerprint density at radius 2 is 2.22 bits per heavy atom. The van der Waals surface area contributed by atoms with Crippen molar-refractivity contribution in [3.8, 4) is 5.75 Å². The molecule has 0 spiro atoms. The van der Waals surface area contributed by atoms with Crippen LogP contribution in [0.3, 0.4) is 0 Å². The smallest absolute Gasteiger partial charge is 0.410 e. The van der Waals surface area contributed by atoms with Gasteiger partial charge >= 0.3 is 6.09 Å². The lowest BCUT2D eigenvalue weighted by molar-refractivity contribution is 0.0644. The highest BCUT2D eigenvalue weighted by atomic mass is 19.1. The maximum atomic E-state index is 13.9. The van der Waals surface area contributed by atoms with Gasteiger partial charge in [-0.25, -0.2) is 9.18 Å². The molecule has 3 atom stereocenters. The first-order valence-electron chi connectivity index (χ1n) is 7.81. The molecule has 1 aromatic rings. The number of carbonyl (C=O) groups is 1. The van der Waals surface area contributed by atoms with Crippen molar-refractivity contribution >= 4 is 6.09 Å². The van der Waals surface area contributed by atoms with Crippen LogP contribution in [0.1, 0.15) is 32.4 Å². The largest absolute Gasteiger partial charge is 0.484 e. The Morgan fingerprint density at radius 3 is 2.87 bits per heavy atom. The molecule has 1 fully saturated rings. The average Bonchev–Trinajstić information content (AvgIpc) is 3.02. The van der Waals surface area contributed by atoms with Crippen LogP contribution < -0.4 is 4.74 Å². The highest BCUT2D eigenvalue weighted by Crippen LogP contribution is 2.48. The summed E-state index contributed by atoms with van der Waals surface area (Å²) < 4.78 is 25.0. The highest BCUT2D eigenvalue weighted by Gasteiger charge is 2.52. The molecule has 5 nitrogen and oxygen atoms in total. The summed E-state index contributed by atoms with van der Waals surface area (Å²) in [7, 11) is 0. The number of aliphatic hydroxyl groups is 1. The lowest BCUT2D eigenvalue weighted by atomic mass is 9.99. The van der Waals surface area contributed by atoms with Crippen LogP contribution in [0.25, 0.3) is 0 Å². The van der Waals surface area contributed by atoms with Crippen molar-refractivity contribution in [1.29, 1.82) is 0 Å². The molecule has 0 bridgehead atoms. The van der Waals surface area contributed by atoms with E-state index in [1.807, 2.05) is 20.8 Å². The van der Waals surface area contributed by atoms with Gasteiger partial charge in [-0.15, -0.1) is 0 Å². The molecule has 1 amide bonds.